The van der Waals surface area contributed by atoms with Crippen LogP contribution in [0.1, 0.15) is 82.4 Å². The highest BCUT2D eigenvalue weighted by atomic mass is 14.9. The minimum atomic E-state index is 1.03. The summed E-state index contributed by atoms with van der Waals surface area (Å²) in [7, 11) is 0. The van der Waals surface area contributed by atoms with Gasteiger partial charge in [0.05, 0.1) is 6.42 Å². The van der Waals surface area contributed by atoms with E-state index in [9.17, 15) is 0 Å². The zero-order valence-electron chi connectivity index (χ0n) is 16.1. The molecule has 0 aliphatic heterocycles. The molecule has 0 spiro atoms. The molecule has 0 unspecified atom stereocenters. The van der Waals surface area contributed by atoms with E-state index in [-0.39, 0.29) is 0 Å². The number of hydrogen-bond acceptors (Lipinski definition) is 0. The van der Waals surface area contributed by atoms with Crippen LogP contribution in [0.25, 0.3) is 0 Å². The number of pyridine rings is 1. The molecule has 2 rings (SSSR count). The number of unbranched alkanes of at least 4 members (excludes halogenated alkanes) is 9. The summed E-state index contributed by atoms with van der Waals surface area (Å²) in [4.78, 5) is 0. The highest BCUT2D eigenvalue weighted by molar-refractivity contribution is 5.19. The Kier molecular flexibility index (Phi) is 10.00. The van der Waals surface area contributed by atoms with Crippen LogP contribution in [0.15, 0.2) is 54.7 Å². The predicted octanol–water partition coefficient (Wildman–Crippen LogP) is 6.49. The zero-order chi connectivity index (χ0) is 17.6. The molecule has 1 aromatic carbocycles. The maximum absolute atomic E-state index is 2.44. The van der Waals surface area contributed by atoms with E-state index in [1.807, 2.05) is 0 Å². The first-order valence-corrected chi connectivity index (χ1v) is 10.4. The molecule has 0 saturated heterocycles. The lowest BCUT2D eigenvalue weighted by Gasteiger charge is -2.05. The highest BCUT2D eigenvalue weighted by Crippen LogP contribution is 2.11. The predicted molar refractivity (Wildman–Crippen MR) is 108 cm³/mol. The van der Waals surface area contributed by atoms with E-state index >= 15 is 0 Å². The van der Waals surface area contributed by atoms with Crippen molar-refractivity contribution >= 4 is 0 Å². The summed E-state index contributed by atoms with van der Waals surface area (Å²) >= 11 is 0. The van der Waals surface area contributed by atoms with Crippen molar-refractivity contribution in [3.05, 3.63) is 66.0 Å². The molecule has 0 aliphatic rings. The minimum absolute atomic E-state index is 1.03. The third-order valence-electron chi connectivity index (χ3n) is 5.02. The molecule has 0 radical (unpaired) electrons. The molecule has 1 heterocycles. The zero-order valence-corrected chi connectivity index (χ0v) is 16.1. The lowest BCUT2D eigenvalue weighted by atomic mass is 10.1. The maximum atomic E-state index is 2.44. The Balaban J connectivity index is 1.63. The van der Waals surface area contributed by atoms with Crippen molar-refractivity contribution in [2.75, 3.05) is 0 Å². The summed E-state index contributed by atoms with van der Waals surface area (Å²) < 4.78 is 2.44. The smallest absolute Gasteiger partial charge is 0.185 e. The van der Waals surface area contributed by atoms with Crippen LogP contribution < -0.4 is 4.57 Å². The highest BCUT2D eigenvalue weighted by Gasteiger charge is 2.09. The number of aromatic nitrogens is 1. The van der Waals surface area contributed by atoms with E-state index < -0.39 is 0 Å². The molecular formula is C24H36N+. The van der Waals surface area contributed by atoms with Crippen LogP contribution in [0.4, 0.5) is 0 Å². The van der Waals surface area contributed by atoms with E-state index in [0.717, 1.165) is 13.0 Å². The first-order chi connectivity index (χ1) is 12.4. The van der Waals surface area contributed by atoms with Crippen molar-refractivity contribution in [2.24, 2.45) is 0 Å². The van der Waals surface area contributed by atoms with Gasteiger partial charge in [0.15, 0.2) is 11.9 Å². The number of aryl methyl sites for hydroxylation is 1. The van der Waals surface area contributed by atoms with Crippen LogP contribution in [0.5, 0.6) is 0 Å². The average Bonchev–Trinajstić information content (AvgIpc) is 2.65. The summed E-state index contributed by atoms with van der Waals surface area (Å²) in [6, 6.07) is 17.4. The van der Waals surface area contributed by atoms with Gasteiger partial charge in [-0.15, -0.1) is 0 Å². The molecule has 1 heteroatoms. The minimum Gasteiger partial charge on any atom is -0.202 e. The molecule has 2 aromatic rings. The number of benzene rings is 1. The second kappa shape index (κ2) is 12.7. The van der Waals surface area contributed by atoms with Crippen molar-refractivity contribution in [3.63, 3.8) is 0 Å². The van der Waals surface area contributed by atoms with Crippen LogP contribution in [-0.4, -0.2) is 0 Å². The van der Waals surface area contributed by atoms with Crippen molar-refractivity contribution in [1.82, 2.24) is 0 Å². The number of rotatable bonds is 13. The SMILES string of the molecule is CCCCCCCCCCCC[n+]1ccccc1Cc1ccccc1. The lowest BCUT2D eigenvalue weighted by molar-refractivity contribution is -0.704. The molecular weight excluding hydrogens is 302 g/mol. The Morgan fingerprint density at radius 3 is 1.92 bits per heavy atom. The van der Waals surface area contributed by atoms with Crippen molar-refractivity contribution in [1.29, 1.82) is 0 Å². The maximum Gasteiger partial charge on any atom is 0.185 e. The van der Waals surface area contributed by atoms with E-state index in [2.05, 4.69) is 66.2 Å². The van der Waals surface area contributed by atoms with Crippen molar-refractivity contribution in [3.8, 4) is 0 Å². The Hall–Kier alpha value is -1.63. The lowest BCUT2D eigenvalue weighted by Crippen LogP contribution is -2.38. The van der Waals surface area contributed by atoms with Gasteiger partial charge in [-0.1, -0.05) is 94.7 Å². The van der Waals surface area contributed by atoms with E-state index in [0.29, 0.717) is 0 Å². The Morgan fingerprint density at radius 2 is 1.24 bits per heavy atom. The quantitative estimate of drug-likeness (QED) is 0.290. The number of hydrogen-bond donors (Lipinski definition) is 0. The monoisotopic (exact) mass is 338 g/mol. The fourth-order valence-corrected chi connectivity index (χ4v) is 3.46. The Morgan fingerprint density at radius 1 is 0.640 bits per heavy atom. The fourth-order valence-electron chi connectivity index (χ4n) is 3.46. The largest absolute Gasteiger partial charge is 0.202 e. The van der Waals surface area contributed by atoms with Crippen molar-refractivity contribution in [2.45, 2.75) is 84.1 Å². The molecule has 0 aliphatic carbocycles. The molecule has 0 atom stereocenters. The summed E-state index contributed by atoms with van der Waals surface area (Å²) in [5.41, 5.74) is 2.81. The first-order valence-electron chi connectivity index (χ1n) is 10.4. The Labute approximate surface area is 155 Å². The van der Waals surface area contributed by atoms with Gasteiger partial charge in [0.1, 0.15) is 6.54 Å². The fraction of sp³-hybridized carbons (Fsp3) is 0.542. The van der Waals surface area contributed by atoms with Gasteiger partial charge >= 0.3 is 0 Å². The molecule has 1 aromatic heterocycles. The molecule has 1 nitrogen and oxygen atoms in total. The van der Waals surface area contributed by atoms with E-state index in [4.69, 9.17) is 0 Å². The normalized spacial score (nSPS) is 10.9. The topological polar surface area (TPSA) is 3.88 Å². The van der Waals surface area contributed by atoms with Crippen LogP contribution in [0.2, 0.25) is 0 Å². The standard InChI is InChI=1S/C24H36N/c1-2-3-4-5-6-7-8-9-10-15-20-25-21-16-14-19-24(25)22-23-17-12-11-13-18-23/h11-14,16-19,21H,2-10,15,20,22H2,1H3/q+1. The van der Waals surface area contributed by atoms with Gasteiger partial charge in [-0.3, -0.25) is 0 Å². The van der Waals surface area contributed by atoms with E-state index in [1.165, 1.54) is 75.5 Å². The van der Waals surface area contributed by atoms with Gasteiger partial charge in [0, 0.05) is 18.6 Å². The molecule has 0 N–H and O–H groups in total. The molecule has 0 bridgehead atoms. The summed E-state index contributed by atoms with van der Waals surface area (Å²) in [5, 5.41) is 0. The Bertz CT molecular complexity index is 561. The van der Waals surface area contributed by atoms with Crippen LogP contribution in [-0.2, 0) is 13.0 Å². The summed E-state index contributed by atoms with van der Waals surface area (Å²) in [6.45, 7) is 3.44. The van der Waals surface area contributed by atoms with E-state index in [1.54, 1.807) is 0 Å². The third kappa shape index (κ3) is 8.34. The molecule has 25 heavy (non-hydrogen) atoms. The second-order valence-corrected chi connectivity index (χ2v) is 7.23. The van der Waals surface area contributed by atoms with Gasteiger partial charge < -0.3 is 0 Å². The first kappa shape index (κ1) is 19.7. The van der Waals surface area contributed by atoms with Crippen molar-refractivity contribution < 1.29 is 4.57 Å². The molecule has 0 saturated carbocycles. The van der Waals surface area contributed by atoms with Crippen LogP contribution >= 0.6 is 0 Å². The van der Waals surface area contributed by atoms with Gasteiger partial charge in [0.2, 0.25) is 0 Å². The van der Waals surface area contributed by atoms with Crippen LogP contribution in [0, 0.1) is 0 Å². The third-order valence-corrected chi connectivity index (χ3v) is 5.02. The molecule has 0 fully saturated rings. The number of nitrogens with zero attached hydrogens (tertiary/aromatic N) is 1. The molecule has 0 amide bonds. The van der Waals surface area contributed by atoms with Gasteiger partial charge in [-0.2, -0.15) is 0 Å². The summed E-state index contributed by atoms with van der Waals surface area (Å²) in [6.07, 6.45) is 17.3. The van der Waals surface area contributed by atoms with Gasteiger partial charge in [-0.05, 0) is 12.0 Å². The average molecular weight is 339 g/mol. The summed E-state index contributed by atoms with van der Waals surface area (Å²) in [5.74, 6) is 0. The van der Waals surface area contributed by atoms with Gasteiger partial charge in [0.25, 0.3) is 0 Å². The van der Waals surface area contributed by atoms with Gasteiger partial charge in [-0.25, -0.2) is 4.57 Å². The molecule has 136 valence electrons. The second-order valence-electron chi connectivity index (χ2n) is 7.23. The van der Waals surface area contributed by atoms with Crippen LogP contribution in [0.3, 0.4) is 0 Å².